The van der Waals surface area contributed by atoms with Crippen molar-refractivity contribution in [2.24, 2.45) is 0 Å². The van der Waals surface area contributed by atoms with E-state index < -0.39 is 18.2 Å². The van der Waals surface area contributed by atoms with E-state index in [4.69, 9.17) is 0 Å². The summed E-state index contributed by atoms with van der Waals surface area (Å²) in [5, 5.41) is 5.50. The number of ether oxygens (including phenoxy) is 1. The van der Waals surface area contributed by atoms with Crippen molar-refractivity contribution in [1.82, 2.24) is 20.3 Å². The van der Waals surface area contributed by atoms with Gasteiger partial charge in [-0.3, -0.25) is 19.1 Å². The molecule has 2 aliphatic rings. The van der Waals surface area contributed by atoms with Crippen LogP contribution in [0.3, 0.4) is 0 Å². The van der Waals surface area contributed by atoms with Gasteiger partial charge in [0.05, 0.1) is 7.11 Å². The van der Waals surface area contributed by atoms with Crippen molar-refractivity contribution in [1.29, 1.82) is 0 Å². The van der Waals surface area contributed by atoms with Crippen molar-refractivity contribution in [3.8, 4) is 0 Å². The number of rotatable bonds is 9. The fourth-order valence-corrected chi connectivity index (χ4v) is 3.52. The summed E-state index contributed by atoms with van der Waals surface area (Å²) in [6.45, 7) is 3.81. The van der Waals surface area contributed by atoms with Gasteiger partial charge in [0, 0.05) is 11.8 Å². The molecule has 1 saturated carbocycles. The summed E-state index contributed by atoms with van der Waals surface area (Å²) in [4.78, 5) is 49.8. The predicted octanol–water partition coefficient (Wildman–Crippen LogP) is 0.321. The molecule has 0 aromatic rings. The Morgan fingerprint density at radius 3 is 2.67 bits per heavy atom. The molecule has 0 aromatic heterocycles. The lowest BCUT2D eigenvalue weighted by molar-refractivity contribution is -0.138. The molecular formula is C17H26N4O5S. The normalized spacial score (nSPS) is 19.7. The van der Waals surface area contributed by atoms with Gasteiger partial charge in [-0.05, 0) is 44.1 Å². The quantitative estimate of drug-likeness (QED) is 0.380. The third kappa shape index (κ3) is 6.46. The van der Waals surface area contributed by atoms with Gasteiger partial charge in [0.2, 0.25) is 11.8 Å². The first-order valence-corrected chi connectivity index (χ1v) is 9.82. The monoisotopic (exact) mass is 398 g/mol. The molecular weight excluding hydrogens is 372 g/mol. The van der Waals surface area contributed by atoms with E-state index in [9.17, 15) is 19.2 Å². The molecule has 10 heteroatoms. The first-order valence-electron chi connectivity index (χ1n) is 8.94. The summed E-state index contributed by atoms with van der Waals surface area (Å²) in [5.74, 6) is -1.02. The molecule has 3 N–H and O–H groups in total. The van der Waals surface area contributed by atoms with Gasteiger partial charge in [-0.15, -0.1) is 6.58 Å². The van der Waals surface area contributed by atoms with E-state index in [-0.39, 0.29) is 24.3 Å². The van der Waals surface area contributed by atoms with Crippen molar-refractivity contribution in [2.75, 3.05) is 20.2 Å². The second-order valence-electron chi connectivity index (χ2n) is 6.46. The number of amides is 4. The zero-order valence-corrected chi connectivity index (χ0v) is 16.2. The Labute approximate surface area is 162 Å². The Morgan fingerprint density at radius 1 is 1.30 bits per heavy atom. The van der Waals surface area contributed by atoms with Crippen molar-refractivity contribution < 1.29 is 23.9 Å². The van der Waals surface area contributed by atoms with Crippen molar-refractivity contribution in [2.45, 2.75) is 49.4 Å². The van der Waals surface area contributed by atoms with Gasteiger partial charge < -0.3 is 20.3 Å². The number of methoxy groups -OCH3 is 1. The van der Waals surface area contributed by atoms with E-state index in [0.717, 1.165) is 12.8 Å². The van der Waals surface area contributed by atoms with Gasteiger partial charge in [0.1, 0.15) is 18.6 Å². The summed E-state index contributed by atoms with van der Waals surface area (Å²) in [6.07, 6.45) is 4.52. The lowest BCUT2D eigenvalue weighted by atomic mass is 10.1. The van der Waals surface area contributed by atoms with Crippen LogP contribution in [0.15, 0.2) is 12.7 Å². The molecule has 2 unspecified atom stereocenters. The van der Waals surface area contributed by atoms with Crippen LogP contribution in [-0.4, -0.2) is 66.2 Å². The van der Waals surface area contributed by atoms with Crippen molar-refractivity contribution >= 4 is 35.8 Å². The van der Waals surface area contributed by atoms with Gasteiger partial charge in [0.15, 0.2) is 0 Å². The Kier molecular flexibility index (Phi) is 7.96. The minimum absolute atomic E-state index is 0.245. The molecule has 1 heterocycles. The number of hydrogen-bond acceptors (Lipinski definition) is 6. The van der Waals surface area contributed by atoms with Gasteiger partial charge in [-0.2, -0.15) is 0 Å². The fraction of sp³-hybridized carbons (Fsp3) is 0.647. The van der Waals surface area contributed by atoms with Crippen LogP contribution >= 0.6 is 11.9 Å². The molecule has 150 valence electrons. The molecule has 1 saturated heterocycles. The number of likely N-dealkylation sites (tertiary alicyclic amines) is 1. The smallest absolute Gasteiger partial charge is 0.407 e. The lowest BCUT2D eigenvalue weighted by Gasteiger charge is -2.26. The summed E-state index contributed by atoms with van der Waals surface area (Å²) in [5.41, 5.74) is 0. The van der Waals surface area contributed by atoms with Crippen LogP contribution in [0.25, 0.3) is 0 Å². The average molecular weight is 398 g/mol. The predicted molar refractivity (Wildman–Crippen MR) is 101 cm³/mol. The Balaban J connectivity index is 1.89. The number of alkyl carbamates (subject to hydrolysis) is 1. The van der Waals surface area contributed by atoms with Crippen molar-refractivity contribution in [3.63, 3.8) is 0 Å². The Morgan fingerprint density at radius 2 is 2.04 bits per heavy atom. The molecule has 2 atom stereocenters. The van der Waals surface area contributed by atoms with Crippen LogP contribution in [0.1, 0.15) is 32.1 Å². The van der Waals surface area contributed by atoms with Crippen LogP contribution in [0.2, 0.25) is 0 Å². The van der Waals surface area contributed by atoms with Gasteiger partial charge in [-0.1, -0.05) is 6.08 Å². The minimum Gasteiger partial charge on any atom is -0.453 e. The molecule has 27 heavy (non-hydrogen) atoms. The third-order valence-corrected chi connectivity index (χ3v) is 5.45. The molecule has 2 rings (SSSR count). The third-order valence-electron chi connectivity index (χ3n) is 4.33. The van der Waals surface area contributed by atoms with Gasteiger partial charge in [-0.25, -0.2) is 4.79 Å². The van der Waals surface area contributed by atoms with E-state index in [1.165, 1.54) is 24.0 Å². The van der Waals surface area contributed by atoms with Crippen LogP contribution in [-0.2, 0) is 19.1 Å². The molecule has 9 nitrogen and oxygen atoms in total. The summed E-state index contributed by atoms with van der Waals surface area (Å²) in [6, 6.07) is -1.39. The van der Waals surface area contributed by atoms with Crippen LogP contribution in [0.5, 0.6) is 0 Å². The van der Waals surface area contributed by atoms with Crippen LogP contribution in [0.4, 0.5) is 4.79 Å². The van der Waals surface area contributed by atoms with Crippen molar-refractivity contribution in [3.05, 3.63) is 12.7 Å². The molecule has 0 spiro atoms. The van der Waals surface area contributed by atoms with Gasteiger partial charge >= 0.3 is 6.09 Å². The molecule has 1 aliphatic heterocycles. The van der Waals surface area contributed by atoms with E-state index in [1.807, 2.05) is 0 Å². The highest BCUT2D eigenvalue weighted by molar-refractivity contribution is 7.98. The first kappa shape index (κ1) is 21.1. The largest absolute Gasteiger partial charge is 0.453 e. The van der Waals surface area contributed by atoms with E-state index in [1.54, 1.807) is 6.08 Å². The topological polar surface area (TPSA) is 117 Å². The Bertz CT molecular complexity index is 596. The highest BCUT2D eigenvalue weighted by Gasteiger charge is 2.36. The Hall–Kier alpha value is -2.23. The first-order chi connectivity index (χ1) is 13.0. The van der Waals surface area contributed by atoms with Gasteiger partial charge in [0.25, 0.3) is 5.91 Å². The summed E-state index contributed by atoms with van der Waals surface area (Å²) < 4.78 is 7.20. The maximum atomic E-state index is 12.7. The number of nitrogens with one attached hydrogen (secondary N) is 3. The highest BCUT2D eigenvalue weighted by Crippen LogP contribution is 2.31. The number of carbonyl (C=O) groups is 4. The number of carbonyl (C=O) groups excluding carboxylic acids is 4. The van der Waals surface area contributed by atoms with E-state index >= 15 is 0 Å². The van der Waals surface area contributed by atoms with Crippen LogP contribution in [0, 0.1) is 0 Å². The fourth-order valence-electron chi connectivity index (χ4n) is 2.72. The molecule has 1 aliphatic carbocycles. The standard InChI is InChI=1S/C17H26N4O5S/c1-3-5-12(15(23)20-27-11-7-8-11)19-16(24)13-6-4-9-21(13)14(22)10-18-17(25)26-2/h3,11-13H,1,4-10H2,2H3,(H,18,25)(H,19,24)(H,20,23). The summed E-state index contributed by atoms with van der Waals surface area (Å²) in [7, 11) is 1.21. The van der Waals surface area contributed by atoms with Crippen LogP contribution < -0.4 is 15.4 Å². The highest BCUT2D eigenvalue weighted by atomic mass is 32.2. The zero-order valence-electron chi connectivity index (χ0n) is 15.4. The summed E-state index contributed by atoms with van der Waals surface area (Å²) >= 11 is 1.38. The van der Waals surface area contributed by atoms with E-state index in [2.05, 4.69) is 26.7 Å². The maximum absolute atomic E-state index is 12.7. The molecule has 0 radical (unpaired) electrons. The minimum atomic E-state index is -0.730. The average Bonchev–Trinajstić information content (AvgIpc) is 3.36. The lowest BCUT2D eigenvalue weighted by Crippen LogP contribution is -2.53. The zero-order chi connectivity index (χ0) is 19.8. The second-order valence-corrected chi connectivity index (χ2v) is 7.57. The maximum Gasteiger partial charge on any atom is 0.407 e. The number of nitrogens with zero attached hydrogens (tertiary/aromatic N) is 1. The second kappa shape index (κ2) is 10.2. The number of hydrogen-bond donors (Lipinski definition) is 3. The van der Waals surface area contributed by atoms with E-state index in [0.29, 0.717) is 31.1 Å². The molecule has 0 bridgehead atoms. The molecule has 0 aromatic carbocycles. The molecule has 2 fully saturated rings. The molecule has 4 amide bonds. The SMILES string of the molecule is C=CCC(NC(=O)C1CCCN1C(=O)CNC(=O)OC)C(=O)NSC1CC1.